The van der Waals surface area contributed by atoms with Crippen LogP contribution in [0.15, 0.2) is 34.9 Å². The number of amides is 1. The molecule has 0 radical (unpaired) electrons. The van der Waals surface area contributed by atoms with Crippen molar-refractivity contribution in [2.45, 2.75) is 19.9 Å². The summed E-state index contributed by atoms with van der Waals surface area (Å²) in [6.45, 7) is 1.66. The first-order valence-electron chi connectivity index (χ1n) is 7.07. The Bertz CT molecular complexity index is 796. The fraction of sp³-hybridized carbons (Fsp3) is 0.250. The minimum Gasteiger partial charge on any atom is -0.481 e. The SMILES string of the molecule is Cc1coc(CC(=O)O)c1C(=O)N(C)Cc1ccccc1[N+](=O)[O-]. The molecule has 2 aromatic rings. The van der Waals surface area contributed by atoms with Gasteiger partial charge in [-0.2, -0.15) is 0 Å². The van der Waals surface area contributed by atoms with E-state index >= 15 is 0 Å². The van der Waals surface area contributed by atoms with Gasteiger partial charge in [0.2, 0.25) is 0 Å². The Balaban J connectivity index is 2.27. The molecule has 2 rings (SSSR count). The summed E-state index contributed by atoms with van der Waals surface area (Å²) >= 11 is 0. The lowest BCUT2D eigenvalue weighted by Gasteiger charge is -2.17. The van der Waals surface area contributed by atoms with Crippen molar-refractivity contribution >= 4 is 17.6 Å². The van der Waals surface area contributed by atoms with Gasteiger partial charge in [0.25, 0.3) is 11.6 Å². The van der Waals surface area contributed by atoms with Gasteiger partial charge in [0.1, 0.15) is 12.2 Å². The summed E-state index contributed by atoms with van der Waals surface area (Å²) in [5, 5.41) is 19.9. The lowest BCUT2D eigenvalue weighted by atomic mass is 10.1. The number of carbonyl (C=O) groups is 2. The molecule has 1 aromatic heterocycles. The van der Waals surface area contributed by atoms with Crippen LogP contribution in [0.1, 0.15) is 27.2 Å². The number of aryl methyl sites for hydroxylation is 1. The minimum absolute atomic E-state index is 0.0210. The largest absolute Gasteiger partial charge is 0.481 e. The maximum Gasteiger partial charge on any atom is 0.311 e. The van der Waals surface area contributed by atoms with Crippen LogP contribution in [-0.2, 0) is 17.8 Å². The Morgan fingerprint density at radius 1 is 1.33 bits per heavy atom. The van der Waals surface area contributed by atoms with E-state index in [9.17, 15) is 19.7 Å². The van der Waals surface area contributed by atoms with Gasteiger partial charge in [0.15, 0.2) is 0 Å². The smallest absolute Gasteiger partial charge is 0.311 e. The molecule has 0 aliphatic heterocycles. The molecule has 1 aromatic carbocycles. The van der Waals surface area contributed by atoms with Crippen LogP contribution in [0, 0.1) is 17.0 Å². The molecule has 1 amide bonds. The molecule has 0 spiro atoms. The standard InChI is InChI=1S/C16H16N2O6/c1-10-9-24-13(7-14(19)20)15(10)16(21)17(2)8-11-5-3-4-6-12(11)18(22)23/h3-6,9H,7-8H2,1-2H3,(H,19,20). The zero-order valence-corrected chi connectivity index (χ0v) is 13.2. The fourth-order valence-electron chi connectivity index (χ4n) is 2.39. The Morgan fingerprint density at radius 3 is 2.62 bits per heavy atom. The molecular formula is C16H16N2O6. The number of nitro benzene ring substituents is 1. The number of hydrogen-bond acceptors (Lipinski definition) is 5. The van der Waals surface area contributed by atoms with Crippen molar-refractivity contribution in [1.82, 2.24) is 4.90 Å². The maximum absolute atomic E-state index is 12.6. The van der Waals surface area contributed by atoms with E-state index in [4.69, 9.17) is 9.52 Å². The van der Waals surface area contributed by atoms with E-state index in [0.29, 0.717) is 11.1 Å². The van der Waals surface area contributed by atoms with Gasteiger partial charge < -0.3 is 14.4 Å². The Hall–Kier alpha value is -3.16. The molecule has 24 heavy (non-hydrogen) atoms. The highest BCUT2D eigenvalue weighted by atomic mass is 16.6. The molecule has 0 aliphatic rings. The van der Waals surface area contributed by atoms with Crippen LogP contribution in [-0.4, -0.2) is 33.9 Å². The Morgan fingerprint density at radius 2 is 2.00 bits per heavy atom. The average molecular weight is 332 g/mol. The summed E-state index contributed by atoms with van der Waals surface area (Å²) in [6, 6.07) is 6.14. The van der Waals surface area contributed by atoms with Gasteiger partial charge in [0.05, 0.1) is 23.3 Å². The maximum atomic E-state index is 12.6. The van der Waals surface area contributed by atoms with Crippen molar-refractivity contribution in [3.05, 3.63) is 63.1 Å². The van der Waals surface area contributed by atoms with Gasteiger partial charge in [0, 0.05) is 24.2 Å². The average Bonchev–Trinajstić information content (AvgIpc) is 2.86. The summed E-state index contributed by atoms with van der Waals surface area (Å²) < 4.78 is 5.15. The second-order valence-electron chi connectivity index (χ2n) is 5.33. The van der Waals surface area contributed by atoms with Crippen molar-refractivity contribution in [1.29, 1.82) is 0 Å². The third-order valence-corrected chi connectivity index (χ3v) is 3.52. The summed E-state index contributed by atoms with van der Waals surface area (Å²) in [7, 11) is 1.50. The number of carboxylic acids is 1. The van der Waals surface area contributed by atoms with Crippen LogP contribution in [0.2, 0.25) is 0 Å². The van der Waals surface area contributed by atoms with Crippen LogP contribution in [0.5, 0.6) is 0 Å². The van der Waals surface area contributed by atoms with E-state index in [1.54, 1.807) is 25.1 Å². The van der Waals surface area contributed by atoms with Crippen LogP contribution in [0.3, 0.4) is 0 Å². The highest BCUT2D eigenvalue weighted by Crippen LogP contribution is 2.23. The number of hydrogen-bond donors (Lipinski definition) is 1. The Labute approximate surface area is 137 Å². The van der Waals surface area contributed by atoms with Crippen molar-refractivity contribution in [2.75, 3.05) is 7.05 Å². The molecule has 0 aliphatic carbocycles. The monoisotopic (exact) mass is 332 g/mol. The highest BCUT2D eigenvalue weighted by Gasteiger charge is 2.24. The summed E-state index contributed by atoms with van der Waals surface area (Å²) in [5.41, 5.74) is 1.01. The number of rotatable bonds is 6. The fourth-order valence-corrected chi connectivity index (χ4v) is 2.39. The molecule has 0 saturated carbocycles. The zero-order valence-electron chi connectivity index (χ0n) is 13.2. The number of carboxylic acid groups (broad SMARTS) is 1. The van der Waals surface area contributed by atoms with Gasteiger partial charge >= 0.3 is 5.97 Å². The first-order valence-corrected chi connectivity index (χ1v) is 7.07. The first kappa shape index (κ1) is 17.2. The summed E-state index contributed by atoms with van der Waals surface area (Å²) in [6.07, 6.45) is 0.915. The molecule has 8 nitrogen and oxygen atoms in total. The van der Waals surface area contributed by atoms with Crippen molar-refractivity contribution < 1.29 is 24.0 Å². The van der Waals surface area contributed by atoms with E-state index in [1.165, 1.54) is 24.3 Å². The third-order valence-electron chi connectivity index (χ3n) is 3.52. The van der Waals surface area contributed by atoms with Crippen molar-refractivity contribution in [3.8, 4) is 0 Å². The van der Waals surface area contributed by atoms with E-state index in [2.05, 4.69) is 0 Å². The van der Waals surface area contributed by atoms with Gasteiger partial charge in [-0.3, -0.25) is 19.7 Å². The van der Waals surface area contributed by atoms with Crippen LogP contribution >= 0.6 is 0 Å². The molecule has 0 saturated heterocycles. The molecule has 0 atom stereocenters. The quantitative estimate of drug-likeness (QED) is 0.642. The predicted molar refractivity (Wildman–Crippen MR) is 83.7 cm³/mol. The topological polar surface area (TPSA) is 114 Å². The second-order valence-corrected chi connectivity index (χ2v) is 5.33. The lowest BCUT2D eigenvalue weighted by Crippen LogP contribution is -2.27. The first-order chi connectivity index (χ1) is 11.3. The molecule has 1 N–H and O–H groups in total. The van der Waals surface area contributed by atoms with Crippen LogP contribution < -0.4 is 0 Å². The minimum atomic E-state index is -1.11. The molecular weight excluding hydrogens is 316 g/mol. The highest BCUT2D eigenvalue weighted by molar-refractivity contribution is 5.97. The van der Waals surface area contributed by atoms with E-state index < -0.39 is 23.2 Å². The molecule has 0 bridgehead atoms. The normalized spacial score (nSPS) is 10.4. The number of nitrogens with zero attached hydrogens (tertiary/aromatic N) is 2. The number of benzene rings is 1. The number of carbonyl (C=O) groups excluding carboxylic acids is 1. The molecule has 0 unspecified atom stereocenters. The molecule has 126 valence electrons. The molecule has 0 fully saturated rings. The lowest BCUT2D eigenvalue weighted by molar-refractivity contribution is -0.385. The number of nitro groups is 1. The summed E-state index contributed by atoms with van der Waals surface area (Å²) in [4.78, 5) is 35.3. The number of para-hydroxylation sites is 1. The summed E-state index contributed by atoms with van der Waals surface area (Å²) in [5.74, 6) is -1.49. The van der Waals surface area contributed by atoms with E-state index in [1.807, 2.05) is 0 Å². The number of aliphatic carboxylic acids is 1. The number of furan rings is 1. The zero-order chi connectivity index (χ0) is 17.9. The molecule has 8 heteroatoms. The third kappa shape index (κ3) is 3.60. The van der Waals surface area contributed by atoms with Crippen LogP contribution in [0.4, 0.5) is 5.69 Å². The predicted octanol–water partition coefficient (Wildman–Crippen LogP) is 2.40. The second kappa shape index (κ2) is 6.95. The van der Waals surface area contributed by atoms with Gasteiger partial charge in [-0.1, -0.05) is 18.2 Å². The van der Waals surface area contributed by atoms with Crippen molar-refractivity contribution in [2.24, 2.45) is 0 Å². The van der Waals surface area contributed by atoms with Crippen molar-refractivity contribution in [3.63, 3.8) is 0 Å². The molecule has 1 heterocycles. The van der Waals surface area contributed by atoms with Gasteiger partial charge in [-0.05, 0) is 6.92 Å². The Kier molecular flexibility index (Phi) is 4.98. The van der Waals surface area contributed by atoms with Crippen LogP contribution in [0.25, 0.3) is 0 Å². The van der Waals surface area contributed by atoms with Gasteiger partial charge in [-0.15, -0.1) is 0 Å². The van der Waals surface area contributed by atoms with E-state index in [-0.39, 0.29) is 23.6 Å². The van der Waals surface area contributed by atoms with E-state index in [0.717, 1.165) is 0 Å². The van der Waals surface area contributed by atoms with Gasteiger partial charge in [-0.25, -0.2) is 0 Å².